The molecule has 18 heavy (non-hydrogen) atoms. The van der Waals surface area contributed by atoms with Crippen LogP contribution < -0.4 is 4.90 Å². The highest BCUT2D eigenvalue weighted by Crippen LogP contribution is 2.29. The summed E-state index contributed by atoms with van der Waals surface area (Å²) in [6.07, 6.45) is 1.03. The van der Waals surface area contributed by atoms with E-state index in [9.17, 15) is 10.1 Å². The van der Waals surface area contributed by atoms with Crippen LogP contribution in [0.1, 0.15) is 25.8 Å². The molecule has 100 valence electrons. The highest BCUT2D eigenvalue weighted by atomic mass is 16.6. The summed E-state index contributed by atoms with van der Waals surface area (Å²) >= 11 is 0. The van der Waals surface area contributed by atoms with E-state index in [0.29, 0.717) is 17.2 Å². The molecule has 1 N–H and O–H groups in total. The molecule has 0 aromatic heterocycles. The smallest absolute Gasteiger partial charge is 0.292 e. The van der Waals surface area contributed by atoms with Gasteiger partial charge in [0.1, 0.15) is 5.69 Å². The van der Waals surface area contributed by atoms with E-state index in [0.717, 1.165) is 13.0 Å². The fraction of sp³-hybridized carbons (Fsp3) is 0.538. The Morgan fingerprint density at radius 1 is 1.50 bits per heavy atom. The van der Waals surface area contributed by atoms with Gasteiger partial charge in [0.05, 0.1) is 11.5 Å². The monoisotopic (exact) mass is 252 g/mol. The molecule has 0 heterocycles. The molecule has 1 rings (SSSR count). The molecule has 5 heteroatoms. The summed E-state index contributed by atoms with van der Waals surface area (Å²) in [5.74, 6) is 0.479. The standard InChI is InChI=1S/C13H20N2O3/c1-4-10(2)8-14(3)12-6-5-11(9-16)7-13(12)15(17)18/h5-7,10,16H,4,8-9H2,1-3H3. The van der Waals surface area contributed by atoms with E-state index in [1.54, 1.807) is 12.1 Å². The minimum atomic E-state index is -0.401. The SMILES string of the molecule is CCC(C)CN(C)c1ccc(CO)cc1[N+](=O)[O-]. The van der Waals surface area contributed by atoms with Gasteiger partial charge in [0, 0.05) is 19.7 Å². The average molecular weight is 252 g/mol. The predicted molar refractivity (Wildman–Crippen MR) is 71.7 cm³/mol. The first-order chi connectivity index (χ1) is 8.49. The van der Waals surface area contributed by atoms with Gasteiger partial charge in [-0.1, -0.05) is 26.3 Å². The number of rotatable bonds is 6. The number of anilines is 1. The molecule has 0 amide bonds. The summed E-state index contributed by atoms with van der Waals surface area (Å²) in [6, 6.07) is 4.85. The van der Waals surface area contributed by atoms with Crippen LogP contribution in [0.3, 0.4) is 0 Å². The summed E-state index contributed by atoms with van der Waals surface area (Å²) in [7, 11) is 1.85. The van der Waals surface area contributed by atoms with Gasteiger partial charge in [-0.2, -0.15) is 0 Å². The Labute approximate surface area is 107 Å². The Hall–Kier alpha value is -1.62. The second-order valence-corrected chi connectivity index (χ2v) is 4.63. The van der Waals surface area contributed by atoms with E-state index in [1.807, 2.05) is 11.9 Å². The lowest BCUT2D eigenvalue weighted by atomic mass is 10.1. The Kier molecular flexibility index (Phi) is 5.09. The van der Waals surface area contributed by atoms with Gasteiger partial charge >= 0.3 is 0 Å². The lowest BCUT2D eigenvalue weighted by Crippen LogP contribution is -2.24. The van der Waals surface area contributed by atoms with Crippen molar-refractivity contribution < 1.29 is 10.0 Å². The molecular formula is C13H20N2O3. The third kappa shape index (κ3) is 3.43. The number of aliphatic hydroxyl groups excluding tert-OH is 1. The Bertz CT molecular complexity index is 421. The largest absolute Gasteiger partial charge is 0.392 e. The molecule has 0 spiro atoms. The van der Waals surface area contributed by atoms with Crippen LogP contribution in [0.2, 0.25) is 0 Å². The minimum Gasteiger partial charge on any atom is -0.392 e. The molecular weight excluding hydrogens is 232 g/mol. The number of nitro groups is 1. The molecule has 1 aromatic rings. The van der Waals surface area contributed by atoms with Crippen molar-refractivity contribution in [2.75, 3.05) is 18.5 Å². The molecule has 0 saturated carbocycles. The summed E-state index contributed by atoms with van der Waals surface area (Å²) in [5, 5.41) is 20.1. The molecule has 1 aromatic carbocycles. The topological polar surface area (TPSA) is 66.6 Å². The van der Waals surface area contributed by atoms with Crippen LogP contribution in [0.15, 0.2) is 18.2 Å². The summed E-state index contributed by atoms with van der Waals surface area (Å²) < 4.78 is 0. The third-order valence-corrected chi connectivity index (χ3v) is 3.11. The number of hydrogen-bond donors (Lipinski definition) is 1. The van der Waals surface area contributed by atoms with Crippen LogP contribution in [0.4, 0.5) is 11.4 Å². The maximum atomic E-state index is 11.0. The fourth-order valence-electron chi connectivity index (χ4n) is 1.83. The maximum Gasteiger partial charge on any atom is 0.292 e. The molecule has 0 radical (unpaired) electrons. The quantitative estimate of drug-likeness (QED) is 0.624. The lowest BCUT2D eigenvalue weighted by Gasteiger charge is -2.22. The van der Waals surface area contributed by atoms with E-state index < -0.39 is 4.92 Å². The molecule has 5 nitrogen and oxygen atoms in total. The van der Waals surface area contributed by atoms with E-state index in [4.69, 9.17) is 5.11 Å². The van der Waals surface area contributed by atoms with Crippen LogP contribution in [0.5, 0.6) is 0 Å². The van der Waals surface area contributed by atoms with Gasteiger partial charge in [-0.05, 0) is 17.5 Å². The van der Waals surface area contributed by atoms with E-state index in [-0.39, 0.29) is 12.3 Å². The number of nitrogens with zero attached hydrogens (tertiary/aromatic N) is 2. The highest BCUT2D eigenvalue weighted by molar-refractivity contribution is 5.64. The zero-order chi connectivity index (χ0) is 13.7. The van der Waals surface area contributed by atoms with Crippen LogP contribution in [0.25, 0.3) is 0 Å². The van der Waals surface area contributed by atoms with Gasteiger partial charge in [-0.25, -0.2) is 0 Å². The van der Waals surface area contributed by atoms with E-state index in [2.05, 4.69) is 13.8 Å². The van der Waals surface area contributed by atoms with Crippen molar-refractivity contribution in [2.24, 2.45) is 5.92 Å². The third-order valence-electron chi connectivity index (χ3n) is 3.11. The molecule has 0 aliphatic rings. The molecule has 0 aliphatic carbocycles. The van der Waals surface area contributed by atoms with Gasteiger partial charge in [-0.15, -0.1) is 0 Å². The molecule has 1 unspecified atom stereocenters. The second kappa shape index (κ2) is 6.35. The normalized spacial score (nSPS) is 12.2. The molecule has 0 fully saturated rings. The number of hydrogen-bond acceptors (Lipinski definition) is 4. The molecule has 0 saturated heterocycles. The van der Waals surface area contributed by atoms with Crippen LogP contribution >= 0.6 is 0 Å². The van der Waals surface area contributed by atoms with E-state index >= 15 is 0 Å². The summed E-state index contributed by atoms with van der Waals surface area (Å²) in [6.45, 7) is 4.80. The first kappa shape index (κ1) is 14.4. The summed E-state index contributed by atoms with van der Waals surface area (Å²) in [5.41, 5.74) is 1.20. The van der Waals surface area contributed by atoms with Gasteiger partial charge in [0.2, 0.25) is 0 Å². The first-order valence-corrected chi connectivity index (χ1v) is 6.08. The van der Waals surface area contributed by atoms with Gasteiger partial charge in [0.15, 0.2) is 0 Å². The van der Waals surface area contributed by atoms with Crippen molar-refractivity contribution in [3.63, 3.8) is 0 Å². The maximum absolute atomic E-state index is 11.0. The van der Waals surface area contributed by atoms with Gasteiger partial charge in [0.25, 0.3) is 5.69 Å². The number of nitro benzene ring substituents is 1. The van der Waals surface area contributed by atoms with Gasteiger partial charge < -0.3 is 10.0 Å². The zero-order valence-electron chi connectivity index (χ0n) is 11.1. The zero-order valence-corrected chi connectivity index (χ0v) is 11.1. The van der Waals surface area contributed by atoms with Crippen LogP contribution in [-0.2, 0) is 6.61 Å². The van der Waals surface area contributed by atoms with Crippen molar-refractivity contribution in [3.8, 4) is 0 Å². The average Bonchev–Trinajstić information content (AvgIpc) is 2.37. The second-order valence-electron chi connectivity index (χ2n) is 4.63. The Morgan fingerprint density at radius 2 is 2.17 bits per heavy atom. The fourth-order valence-corrected chi connectivity index (χ4v) is 1.83. The number of aliphatic hydroxyl groups is 1. The molecule has 1 atom stereocenters. The van der Waals surface area contributed by atoms with Crippen molar-refractivity contribution in [2.45, 2.75) is 26.9 Å². The highest BCUT2D eigenvalue weighted by Gasteiger charge is 2.18. The first-order valence-electron chi connectivity index (χ1n) is 6.08. The number of benzene rings is 1. The Morgan fingerprint density at radius 3 is 2.67 bits per heavy atom. The molecule has 0 aliphatic heterocycles. The van der Waals surface area contributed by atoms with Crippen LogP contribution in [0, 0.1) is 16.0 Å². The van der Waals surface area contributed by atoms with Crippen molar-refractivity contribution in [3.05, 3.63) is 33.9 Å². The predicted octanol–water partition coefficient (Wildman–Crippen LogP) is 2.57. The minimum absolute atomic E-state index is 0.0485. The summed E-state index contributed by atoms with van der Waals surface area (Å²) in [4.78, 5) is 12.5. The van der Waals surface area contributed by atoms with Crippen LogP contribution in [-0.4, -0.2) is 23.6 Å². The Balaban J connectivity index is 3.03. The van der Waals surface area contributed by atoms with Crippen molar-refractivity contribution in [1.82, 2.24) is 0 Å². The molecule has 0 bridgehead atoms. The van der Waals surface area contributed by atoms with Gasteiger partial charge in [-0.3, -0.25) is 10.1 Å². The van der Waals surface area contributed by atoms with Crippen molar-refractivity contribution >= 4 is 11.4 Å². The lowest BCUT2D eigenvalue weighted by molar-refractivity contribution is -0.384. The van der Waals surface area contributed by atoms with E-state index in [1.165, 1.54) is 6.07 Å². The van der Waals surface area contributed by atoms with Crippen molar-refractivity contribution in [1.29, 1.82) is 0 Å².